The molecule has 5 heterocycles. The molecule has 3 aliphatic heterocycles. The zero-order valence-corrected chi connectivity index (χ0v) is 39.2. The number of aromatic nitrogens is 1. The van der Waals surface area contributed by atoms with E-state index >= 15 is 4.79 Å². The highest BCUT2D eigenvalue weighted by atomic mass is 32.1. The van der Waals surface area contributed by atoms with Crippen molar-refractivity contribution in [1.82, 2.24) is 9.88 Å². The third-order valence-corrected chi connectivity index (χ3v) is 16.2. The Hall–Kier alpha value is -2.53. The van der Waals surface area contributed by atoms with E-state index in [0.717, 1.165) is 66.3 Å². The molecule has 17 atom stereocenters. The predicted molar refractivity (Wildman–Crippen MR) is 232 cm³/mol. The van der Waals surface area contributed by atoms with Crippen LogP contribution in [0.2, 0.25) is 0 Å². The van der Waals surface area contributed by atoms with Gasteiger partial charge in [-0.2, -0.15) is 0 Å². The van der Waals surface area contributed by atoms with E-state index in [1.807, 2.05) is 32.9 Å². The van der Waals surface area contributed by atoms with Gasteiger partial charge < -0.3 is 42.3 Å². The Kier molecular flexibility index (Phi) is 14.5. The number of thiazole rings is 1. The second-order valence-corrected chi connectivity index (χ2v) is 20.2. The van der Waals surface area contributed by atoms with Crippen molar-refractivity contribution >= 4 is 23.1 Å². The Morgan fingerprint density at radius 1 is 0.887 bits per heavy atom. The molecule has 4 fully saturated rings. The van der Waals surface area contributed by atoms with Gasteiger partial charge in [0.15, 0.2) is 18.4 Å². The van der Waals surface area contributed by atoms with Crippen molar-refractivity contribution in [2.45, 2.75) is 185 Å². The molecular weight excluding hydrogens is 813 g/mol. The van der Waals surface area contributed by atoms with Crippen LogP contribution in [0.15, 0.2) is 28.2 Å². The van der Waals surface area contributed by atoms with Crippen molar-refractivity contribution in [3.63, 3.8) is 0 Å². The summed E-state index contributed by atoms with van der Waals surface area (Å²) < 4.78 is 56.4. The van der Waals surface area contributed by atoms with Crippen LogP contribution in [0.5, 0.6) is 0 Å². The van der Waals surface area contributed by atoms with Gasteiger partial charge in [-0.3, -0.25) is 14.5 Å². The fraction of sp³-hybridized carbons (Fsp3) is 0.771. The number of cyclic esters (lactones) is 1. The number of hydrogen-bond donors (Lipinski definition) is 0. The summed E-state index contributed by atoms with van der Waals surface area (Å²) in [5, 5.41) is 0.991. The van der Waals surface area contributed by atoms with Crippen LogP contribution in [0.25, 0.3) is 0 Å². The molecule has 6 unspecified atom stereocenters. The molecule has 8 rings (SSSR count). The molecule has 3 saturated heterocycles. The maximum absolute atomic E-state index is 15.1. The Bertz CT molecular complexity index is 1900. The number of likely N-dealkylation sites (N-methyl/N-ethyl adjacent to an activating group) is 1. The van der Waals surface area contributed by atoms with Crippen molar-refractivity contribution in [3.05, 3.63) is 50.9 Å². The van der Waals surface area contributed by atoms with Gasteiger partial charge in [0.1, 0.15) is 35.9 Å². The Morgan fingerprint density at radius 3 is 2.35 bits per heavy atom. The second kappa shape index (κ2) is 19.5. The molecule has 0 amide bonds. The Labute approximate surface area is 371 Å². The molecule has 0 spiro atoms. The first-order valence-electron chi connectivity index (χ1n) is 23.2. The number of rotatable bonds is 11. The van der Waals surface area contributed by atoms with E-state index in [0.29, 0.717) is 19.4 Å². The lowest BCUT2D eigenvalue weighted by Gasteiger charge is -2.44. The van der Waals surface area contributed by atoms with Gasteiger partial charge in [-0.05, 0) is 116 Å². The lowest BCUT2D eigenvalue weighted by atomic mass is 9.67. The maximum atomic E-state index is 15.1. The summed E-state index contributed by atoms with van der Waals surface area (Å²) in [5.74, 6) is 1.15. The molecule has 62 heavy (non-hydrogen) atoms. The zero-order chi connectivity index (χ0) is 44.0. The third kappa shape index (κ3) is 9.16. The first-order chi connectivity index (χ1) is 29.8. The van der Waals surface area contributed by atoms with Gasteiger partial charge in [0.05, 0.1) is 48.1 Å². The number of ether oxygens (including phenoxy) is 8. The van der Waals surface area contributed by atoms with Crippen LogP contribution in [-0.4, -0.2) is 117 Å². The number of methoxy groups -OCH3 is 3. The van der Waals surface area contributed by atoms with Crippen molar-refractivity contribution in [2.75, 3.05) is 28.4 Å². The van der Waals surface area contributed by atoms with Crippen LogP contribution in [-0.2, 0) is 54.0 Å². The number of Topliss-reactive ketones (excluding diaryl/α,β-unsaturated/α-hetero) is 1. The number of allylic oxidation sites excluding steroid dienone is 2. The number of aryl methyl sites for hydroxylation is 2. The number of carbonyl (C=O) groups is 2. The molecule has 13 nitrogen and oxygen atoms in total. The van der Waals surface area contributed by atoms with Crippen molar-refractivity contribution < 1.29 is 51.9 Å². The number of nitrogens with zero attached hydrogens (tertiary/aromatic N) is 2. The second-order valence-electron chi connectivity index (χ2n) is 18.9. The third-order valence-electron chi connectivity index (χ3n) is 15.1. The monoisotopic (exact) mass is 882 g/mol. The number of ketones is 1. The first-order valence-corrected chi connectivity index (χ1v) is 24.0. The van der Waals surface area contributed by atoms with Crippen molar-refractivity contribution in [3.8, 4) is 0 Å². The number of esters is 1. The van der Waals surface area contributed by atoms with Crippen LogP contribution in [0.3, 0.4) is 0 Å². The number of carbonyl (C=O) groups excluding carboxylic acids is 2. The smallest absolute Gasteiger partial charge is 0.306 e. The molecule has 1 saturated carbocycles. The molecule has 344 valence electrons. The zero-order valence-electron chi connectivity index (χ0n) is 38.4. The summed E-state index contributed by atoms with van der Waals surface area (Å²) in [7, 11) is 7.10. The van der Waals surface area contributed by atoms with Gasteiger partial charge in [0.25, 0.3) is 0 Å². The molecule has 6 aliphatic rings. The number of hydrogen-bond acceptors (Lipinski definition) is 14. The van der Waals surface area contributed by atoms with Crippen LogP contribution in [0, 0.1) is 37.5 Å². The van der Waals surface area contributed by atoms with E-state index in [2.05, 4.69) is 38.8 Å². The Morgan fingerprint density at radius 2 is 1.66 bits per heavy atom. The van der Waals surface area contributed by atoms with Gasteiger partial charge in [-0.15, -0.1) is 11.3 Å². The number of furan rings is 1. The number of fused-ring (bicyclic) bond motifs is 8. The SMILES string of the molecule is CC[C@H]1CCC[C@H](O[C@H]2CC[C@H](N(C)Cc3ccc(C)o3)C(C)O2)[C@@H](C)C(=O)C2=C[C@H]3[C@@H]4C[C@H](OC5OC(C)C(OC)C(OC)C5OC)C[C@H]4c4sc(C)nc4[C@H]3[C@@H]2CC(=O)O1. The summed E-state index contributed by atoms with van der Waals surface area (Å²) in [6, 6.07) is 4.24. The minimum atomic E-state index is -0.638. The highest BCUT2D eigenvalue weighted by molar-refractivity contribution is 7.11. The summed E-state index contributed by atoms with van der Waals surface area (Å²) >= 11 is 1.74. The maximum Gasteiger partial charge on any atom is 0.306 e. The quantitative estimate of drug-likeness (QED) is 0.203. The molecular formula is C48H70N2O11S. The van der Waals surface area contributed by atoms with E-state index in [9.17, 15) is 4.79 Å². The highest BCUT2D eigenvalue weighted by Crippen LogP contribution is 2.62. The molecule has 3 aliphatic carbocycles. The molecule has 0 N–H and O–H groups in total. The largest absolute Gasteiger partial charge is 0.465 e. The van der Waals surface area contributed by atoms with E-state index in [1.54, 1.807) is 32.7 Å². The summed E-state index contributed by atoms with van der Waals surface area (Å²) in [6.07, 6.45) is 5.26. The van der Waals surface area contributed by atoms with Gasteiger partial charge in [-0.1, -0.05) is 19.9 Å². The van der Waals surface area contributed by atoms with Crippen LogP contribution in [0.4, 0.5) is 0 Å². The van der Waals surface area contributed by atoms with Crippen molar-refractivity contribution in [1.29, 1.82) is 0 Å². The standard InChI is InChI=1S/C48H70N2O11S/c1-11-29-13-12-14-38(61-40-18-17-37(26(4)57-40)50(7)23-30-16-15-24(2)56-30)25(3)43(52)35-21-33-32-19-31(60-48-46(55-10)45(54-9)44(53-8)27(5)58-48)20-36(32)47-42(49-28(6)62-47)41(33)34(35)22-39(51)59-29/h15-16,21,25-27,29,31-34,36-38,40-41,44-46,48H,11-14,17-20,22-23H2,1-10H3/t25-,26?,27?,29+,31+,32+,33+,34-,36-,37+,38+,40+,41-,44?,45?,46?,48?/m1/s1. The van der Waals surface area contributed by atoms with E-state index in [1.165, 1.54) is 4.88 Å². The van der Waals surface area contributed by atoms with Gasteiger partial charge in [0.2, 0.25) is 0 Å². The average Bonchev–Trinajstić information content (AvgIpc) is 4.03. The molecule has 0 radical (unpaired) electrons. The lowest BCUT2D eigenvalue weighted by molar-refractivity contribution is -0.314. The average molecular weight is 883 g/mol. The van der Waals surface area contributed by atoms with E-state index in [-0.39, 0.29) is 96.5 Å². The van der Waals surface area contributed by atoms with Gasteiger partial charge in [0, 0.05) is 55.9 Å². The van der Waals surface area contributed by atoms with Crippen LogP contribution < -0.4 is 0 Å². The topological polar surface area (TPSA) is 137 Å². The van der Waals surface area contributed by atoms with Crippen molar-refractivity contribution in [2.24, 2.45) is 23.7 Å². The Balaban J connectivity index is 1.03. The summed E-state index contributed by atoms with van der Waals surface area (Å²) in [4.78, 5) is 37.8. The molecule has 14 heteroatoms. The summed E-state index contributed by atoms with van der Waals surface area (Å²) in [5.41, 5.74) is 1.75. The van der Waals surface area contributed by atoms with E-state index < -0.39 is 24.6 Å². The fourth-order valence-corrected chi connectivity index (χ4v) is 13.2. The van der Waals surface area contributed by atoms with Gasteiger partial charge >= 0.3 is 5.97 Å². The normalized spacial score (nSPS) is 40.2. The highest BCUT2D eigenvalue weighted by Gasteiger charge is 2.57. The lowest BCUT2D eigenvalue weighted by Crippen LogP contribution is -2.59. The molecule has 2 aromatic rings. The molecule has 2 aromatic heterocycles. The molecule has 0 aromatic carbocycles. The van der Waals surface area contributed by atoms with E-state index in [4.69, 9.17) is 47.3 Å². The predicted octanol–water partition coefficient (Wildman–Crippen LogP) is 7.80. The fourth-order valence-electron chi connectivity index (χ4n) is 12.0. The van der Waals surface area contributed by atoms with Gasteiger partial charge in [-0.25, -0.2) is 4.98 Å². The minimum absolute atomic E-state index is 0.00794. The minimum Gasteiger partial charge on any atom is -0.465 e. The molecule has 0 bridgehead atoms. The summed E-state index contributed by atoms with van der Waals surface area (Å²) in [6.45, 7) is 12.9. The van der Waals surface area contributed by atoms with Crippen LogP contribution >= 0.6 is 11.3 Å². The van der Waals surface area contributed by atoms with Crippen LogP contribution in [0.1, 0.15) is 124 Å². The first kappa shape index (κ1) is 46.0.